The normalized spacial score (nSPS) is 14.2. The Labute approximate surface area is 156 Å². The Morgan fingerprint density at radius 2 is 1.58 bits per heavy atom. The van der Waals surface area contributed by atoms with Crippen LogP contribution in [-0.4, -0.2) is 24.1 Å². The Morgan fingerprint density at radius 1 is 1.00 bits per heavy atom. The number of hydrogen-bond donors (Lipinski definition) is 3. The quantitative estimate of drug-likeness (QED) is 0.715. The van der Waals surface area contributed by atoms with Crippen molar-refractivity contribution >= 4 is 34.9 Å². The van der Waals surface area contributed by atoms with Crippen LogP contribution in [0.5, 0.6) is 5.75 Å². The molecule has 7 heteroatoms. The van der Waals surface area contributed by atoms with Crippen LogP contribution in [0.3, 0.4) is 0 Å². The van der Waals surface area contributed by atoms with Crippen LogP contribution in [0, 0.1) is 0 Å². The average Bonchev–Trinajstić information content (AvgIpc) is 3.42. The summed E-state index contributed by atoms with van der Waals surface area (Å²) in [5.41, 5.74) is 1.28. The molecular weight excluding hydrogens is 354 g/mol. The van der Waals surface area contributed by atoms with E-state index < -0.39 is 6.10 Å². The van der Waals surface area contributed by atoms with Gasteiger partial charge in [-0.1, -0.05) is 11.6 Å². The standard InChI is InChI=1S/C19H20ClN3O3/c1-12(26-17-10-2-13(20)3-11-17)18(24)21-14-4-6-15(7-5-14)22-19(25)23-16-8-9-16/h2-7,10-12,16H,8-9H2,1H3,(H,21,24)(H2,22,23,25). The predicted molar refractivity (Wildman–Crippen MR) is 102 cm³/mol. The van der Waals surface area contributed by atoms with Gasteiger partial charge in [0.2, 0.25) is 0 Å². The molecule has 0 saturated heterocycles. The molecule has 3 N–H and O–H groups in total. The van der Waals surface area contributed by atoms with Crippen molar-refractivity contribution < 1.29 is 14.3 Å². The second-order valence-corrected chi connectivity index (χ2v) is 6.59. The summed E-state index contributed by atoms with van der Waals surface area (Å²) in [6.45, 7) is 1.67. The minimum absolute atomic E-state index is 0.214. The van der Waals surface area contributed by atoms with Crippen molar-refractivity contribution in [3.8, 4) is 5.75 Å². The van der Waals surface area contributed by atoms with Gasteiger partial charge < -0.3 is 20.7 Å². The van der Waals surface area contributed by atoms with Gasteiger partial charge in [-0.3, -0.25) is 4.79 Å². The number of urea groups is 1. The minimum atomic E-state index is -0.668. The topological polar surface area (TPSA) is 79.5 Å². The third-order valence-electron chi connectivity index (χ3n) is 3.82. The van der Waals surface area contributed by atoms with Crippen molar-refractivity contribution in [2.75, 3.05) is 10.6 Å². The number of ether oxygens (including phenoxy) is 1. The number of rotatable bonds is 6. The molecule has 0 aromatic heterocycles. The maximum absolute atomic E-state index is 12.2. The molecule has 0 bridgehead atoms. The maximum atomic E-state index is 12.2. The van der Waals surface area contributed by atoms with Crippen molar-refractivity contribution in [2.24, 2.45) is 0 Å². The van der Waals surface area contributed by atoms with Crippen molar-refractivity contribution in [2.45, 2.75) is 31.9 Å². The number of carbonyl (C=O) groups is 2. The van der Waals surface area contributed by atoms with Crippen LogP contribution in [0.25, 0.3) is 0 Å². The summed E-state index contributed by atoms with van der Waals surface area (Å²) in [6, 6.07) is 13.8. The highest BCUT2D eigenvalue weighted by Gasteiger charge is 2.23. The van der Waals surface area contributed by atoms with E-state index in [0.29, 0.717) is 28.2 Å². The first kappa shape index (κ1) is 18.1. The van der Waals surface area contributed by atoms with Gasteiger partial charge >= 0.3 is 6.03 Å². The van der Waals surface area contributed by atoms with E-state index in [2.05, 4.69) is 16.0 Å². The van der Waals surface area contributed by atoms with Crippen LogP contribution in [0.2, 0.25) is 5.02 Å². The van der Waals surface area contributed by atoms with Gasteiger partial charge in [0, 0.05) is 22.4 Å². The molecule has 2 aromatic rings. The van der Waals surface area contributed by atoms with Gasteiger partial charge in [0.05, 0.1) is 0 Å². The number of carbonyl (C=O) groups excluding carboxylic acids is 2. The van der Waals surface area contributed by atoms with Crippen LogP contribution in [0.1, 0.15) is 19.8 Å². The summed E-state index contributed by atoms with van der Waals surface area (Å²) in [4.78, 5) is 23.9. The summed E-state index contributed by atoms with van der Waals surface area (Å²) in [5, 5.41) is 8.98. The van der Waals surface area contributed by atoms with Gasteiger partial charge in [0.25, 0.3) is 5.91 Å². The fourth-order valence-corrected chi connectivity index (χ4v) is 2.36. The van der Waals surface area contributed by atoms with Gasteiger partial charge in [0.15, 0.2) is 6.10 Å². The van der Waals surface area contributed by atoms with E-state index in [1.165, 1.54) is 0 Å². The van der Waals surface area contributed by atoms with Gasteiger partial charge in [-0.15, -0.1) is 0 Å². The van der Waals surface area contributed by atoms with E-state index in [-0.39, 0.29) is 11.9 Å². The predicted octanol–water partition coefficient (Wildman–Crippen LogP) is 4.03. The van der Waals surface area contributed by atoms with Crippen LogP contribution in [0.15, 0.2) is 48.5 Å². The Morgan fingerprint density at radius 3 is 2.15 bits per heavy atom. The van der Waals surface area contributed by atoms with Crippen molar-refractivity contribution in [1.82, 2.24) is 5.32 Å². The molecule has 1 unspecified atom stereocenters. The lowest BCUT2D eigenvalue weighted by Crippen LogP contribution is -2.30. The summed E-state index contributed by atoms with van der Waals surface area (Å²) in [5.74, 6) is 0.297. The molecule has 2 aromatic carbocycles. The first-order chi connectivity index (χ1) is 12.5. The molecule has 6 nitrogen and oxygen atoms in total. The van der Waals surface area contributed by atoms with E-state index in [1.807, 2.05) is 0 Å². The molecule has 0 aliphatic heterocycles. The molecular formula is C19H20ClN3O3. The number of nitrogens with one attached hydrogen (secondary N) is 3. The van der Waals surface area contributed by atoms with Gasteiger partial charge in [-0.2, -0.15) is 0 Å². The summed E-state index contributed by atoms with van der Waals surface area (Å²) in [6.07, 6.45) is 1.40. The molecule has 3 rings (SSSR count). The Balaban J connectivity index is 1.49. The number of halogens is 1. The van der Waals surface area contributed by atoms with E-state index >= 15 is 0 Å². The van der Waals surface area contributed by atoms with Crippen LogP contribution in [-0.2, 0) is 4.79 Å². The third-order valence-corrected chi connectivity index (χ3v) is 4.07. The molecule has 1 atom stereocenters. The van der Waals surface area contributed by atoms with E-state index in [4.69, 9.17) is 16.3 Å². The van der Waals surface area contributed by atoms with Gasteiger partial charge in [-0.05, 0) is 68.3 Å². The first-order valence-corrected chi connectivity index (χ1v) is 8.78. The maximum Gasteiger partial charge on any atom is 0.319 e. The minimum Gasteiger partial charge on any atom is -0.481 e. The monoisotopic (exact) mass is 373 g/mol. The molecule has 1 saturated carbocycles. The lowest BCUT2D eigenvalue weighted by Gasteiger charge is -2.15. The molecule has 1 fully saturated rings. The number of hydrogen-bond acceptors (Lipinski definition) is 3. The zero-order valence-corrected chi connectivity index (χ0v) is 15.0. The molecule has 3 amide bonds. The molecule has 0 spiro atoms. The number of benzene rings is 2. The zero-order valence-electron chi connectivity index (χ0n) is 14.3. The molecule has 1 aliphatic rings. The third kappa shape index (κ3) is 5.39. The molecule has 0 heterocycles. The van der Waals surface area contributed by atoms with Crippen LogP contribution in [0.4, 0.5) is 16.2 Å². The van der Waals surface area contributed by atoms with Crippen molar-refractivity contribution in [1.29, 1.82) is 0 Å². The summed E-state index contributed by atoms with van der Waals surface area (Å²) in [7, 11) is 0. The first-order valence-electron chi connectivity index (χ1n) is 8.40. The zero-order chi connectivity index (χ0) is 18.5. The SMILES string of the molecule is CC(Oc1ccc(Cl)cc1)C(=O)Nc1ccc(NC(=O)NC2CC2)cc1. The Kier molecular flexibility index (Phi) is 5.63. The van der Waals surface area contributed by atoms with Crippen LogP contribution >= 0.6 is 11.6 Å². The van der Waals surface area contributed by atoms with E-state index in [1.54, 1.807) is 55.5 Å². The second kappa shape index (κ2) is 8.10. The van der Waals surface area contributed by atoms with Crippen molar-refractivity contribution in [3.05, 3.63) is 53.6 Å². The number of amides is 3. The van der Waals surface area contributed by atoms with Crippen molar-refractivity contribution in [3.63, 3.8) is 0 Å². The lowest BCUT2D eigenvalue weighted by atomic mass is 10.2. The number of anilines is 2. The van der Waals surface area contributed by atoms with E-state index in [9.17, 15) is 9.59 Å². The van der Waals surface area contributed by atoms with Gasteiger partial charge in [0.1, 0.15) is 5.75 Å². The Hall–Kier alpha value is -2.73. The fourth-order valence-electron chi connectivity index (χ4n) is 2.23. The lowest BCUT2D eigenvalue weighted by molar-refractivity contribution is -0.122. The van der Waals surface area contributed by atoms with E-state index in [0.717, 1.165) is 12.8 Å². The van der Waals surface area contributed by atoms with Crippen LogP contribution < -0.4 is 20.7 Å². The highest BCUT2D eigenvalue weighted by molar-refractivity contribution is 6.30. The largest absolute Gasteiger partial charge is 0.481 e. The smallest absolute Gasteiger partial charge is 0.319 e. The highest BCUT2D eigenvalue weighted by atomic mass is 35.5. The highest BCUT2D eigenvalue weighted by Crippen LogP contribution is 2.20. The Bertz CT molecular complexity index is 774. The average molecular weight is 374 g/mol. The molecule has 0 radical (unpaired) electrons. The van der Waals surface area contributed by atoms with Gasteiger partial charge in [-0.25, -0.2) is 4.79 Å². The fraction of sp³-hybridized carbons (Fsp3) is 0.263. The summed E-state index contributed by atoms with van der Waals surface area (Å²) < 4.78 is 5.59. The molecule has 1 aliphatic carbocycles. The summed E-state index contributed by atoms with van der Waals surface area (Å²) >= 11 is 5.83. The second-order valence-electron chi connectivity index (χ2n) is 6.15. The molecule has 26 heavy (non-hydrogen) atoms. The molecule has 136 valence electrons.